The van der Waals surface area contributed by atoms with Crippen LogP contribution in [0.5, 0.6) is 5.75 Å². The molecule has 3 fully saturated rings. The zero-order valence-electron chi connectivity index (χ0n) is 26.9. The summed E-state index contributed by atoms with van der Waals surface area (Å²) in [5.41, 5.74) is 3.45. The monoisotopic (exact) mass is 709 g/mol. The van der Waals surface area contributed by atoms with E-state index in [1.165, 1.54) is 0 Å². The van der Waals surface area contributed by atoms with Crippen molar-refractivity contribution in [1.82, 2.24) is 4.90 Å². The predicted molar refractivity (Wildman–Crippen MR) is 189 cm³/mol. The third kappa shape index (κ3) is 5.92. The normalized spacial score (nSPS) is 26.2. The summed E-state index contributed by atoms with van der Waals surface area (Å²) in [4.78, 5) is 49.4. The highest BCUT2D eigenvalue weighted by Crippen LogP contribution is 2.68. The summed E-state index contributed by atoms with van der Waals surface area (Å²) in [5.74, 6) is -1.04. The lowest BCUT2D eigenvalue weighted by atomic mass is 9.70. The Morgan fingerprint density at radius 3 is 2.33 bits per heavy atom. The molecule has 3 aliphatic heterocycles. The number of carbonyl (C=O) groups is 3. The number of nitrogens with zero attached hydrogens (tertiary/aromatic N) is 3. The summed E-state index contributed by atoms with van der Waals surface area (Å²) in [6, 6.07) is 12.6. The van der Waals surface area contributed by atoms with Crippen LogP contribution in [0.4, 0.5) is 11.4 Å². The quantitative estimate of drug-likeness (QED) is 0.154. The van der Waals surface area contributed by atoms with E-state index in [0.717, 1.165) is 16.8 Å². The molecule has 2 bridgehead atoms. The third-order valence-electron chi connectivity index (χ3n) is 9.44. The van der Waals surface area contributed by atoms with E-state index in [2.05, 4.69) is 29.1 Å². The van der Waals surface area contributed by atoms with Gasteiger partial charge in [-0.3, -0.25) is 14.4 Å². The van der Waals surface area contributed by atoms with E-state index in [-0.39, 0.29) is 41.0 Å². The van der Waals surface area contributed by atoms with Crippen molar-refractivity contribution in [3.8, 4) is 5.75 Å². The van der Waals surface area contributed by atoms with Gasteiger partial charge in [0.2, 0.25) is 11.8 Å². The molecule has 6 atom stereocenters. The molecule has 3 aliphatic rings. The predicted octanol–water partition coefficient (Wildman–Crippen LogP) is 5.68. The summed E-state index contributed by atoms with van der Waals surface area (Å²) < 4.78 is 4.82. The van der Waals surface area contributed by atoms with Gasteiger partial charge in [0.1, 0.15) is 11.8 Å². The van der Waals surface area contributed by atoms with Crippen LogP contribution >= 0.6 is 27.7 Å². The summed E-state index contributed by atoms with van der Waals surface area (Å²) in [7, 11) is 0. The standard InChI is InChI=1S/C36H44BrN3O5S/c1-6-18-38(25-14-16-26(17-15-25)45-8-3)33(42)28-29-34(43)40(20-9-10-21-41)32(36(29)22-27(37)31(28)46-36)35(44)39(19-7-2)30-23(4)12-11-13-24(30)5/h6-7,11-17,27-29,31-32,41H,1-2,8-10,18-22H2,3-5H3/t27?,28-,29+,31-,32?,36?/m1/s1. The smallest absolute Gasteiger partial charge is 0.251 e. The number of fused-ring (bicyclic) bond motifs is 1. The van der Waals surface area contributed by atoms with Crippen LogP contribution < -0.4 is 14.5 Å². The van der Waals surface area contributed by atoms with Gasteiger partial charge in [-0.1, -0.05) is 46.3 Å². The van der Waals surface area contributed by atoms with Crippen LogP contribution in [0.15, 0.2) is 67.8 Å². The van der Waals surface area contributed by atoms with Crippen LogP contribution in [0.1, 0.15) is 37.3 Å². The third-order valence-corrected chi connectivity index (χ3v) is 12.7. The van der Waals surface area contributed by atoms with Crippen molar-refractivity contribution in [1.29, 1.82) is 0 Å². The van der Waals surface area contributed by atoms with Crippen molar-refractivity contribution in [2.45, 2.75) is 60.9 Å². The number of unbranched alkanes of at least 4 members (excludes halogenated alkanes) is 1. The van der Waals surface area contributed by atoms with E-state index in [9.17, 15) is 19.5 Å². The molecule has 46 heavy (non-hydrogen) atoms. The first kappa shape index (κ1) is 34.3. The summed E-state index contributed by atoms with van der Waals surface area (Å²) in [6.45, 7) is 15.2. The Bertz CT molecular complexity index is 1460. The zero-order chi connectivity index (χ0) is 33.2. The molecule has 0 aliphatic carbocycles. The Morgan fingerprint density at radius 1 is 1.07 bits per heavy atom. The fourth-order valence-corrected chi connectivity index (χ4v) is 11.2. The van der Waals surface area contributed by atoms with E-state index >= 15 is 0 Å². The van der Waals surface area contributed by atoms with Gasteiger partial charge in [-0.2, -0.15) is 0 Å². The molecule has 8 nitrogen and oxygen atoms in total. The summed E-state index contributed by atoms with van der Waals surface area (Å²) in [5, 5.41) is 9.38. The van der Waals surface area contributed by atoms with Gasteiger partial charge in [0.25, 0.3) is 5.91 Å². The molecule has 0 radical (unpaired) electrons. The van der Waals surface area contributed by atoms with Gasteiger partial charge in [-0.05, 0) is 75.4 Å². The van der Waals surface area contributed by atoms with Crippen molar-refractivity contribution in [3.05, 3.63) is 78.9 Å². The van der Waals surface area contributed by atoms with Crippen LogP contribution in [0.3, 0.4) is 0 Å². The number of aryl methyl sites for hydroxylation is 2. The molecule has 1 N–H and O–H groups in total. The van der Waals surface area contributed by atoms with Gasteiger partial charge in [0, 0.05) is 47.7 Å². The molecular weight excluding hydrogens is 666 g/mol. The SMILES string of the molecule is C=CCN(C(=O)[C@H]1[C@@H]2SC3(CC2Br)C(C(=O)N(CC=C)c2c(C)cccc2C)N(CCCCO)C(=O)[C@H]13)c1ccc(OCC)cc1. The van der Waals surface area contributed by atoms with Crippen LogP contribution in [0.25, 0.3) is 0 Å². The molecule has 10 heteroatoms. The maximum absolute atomic E-state index is 15.0. The lowest BCUT2D eigenvalue weighted by molar-refractivity contribution is -0.139. The lowest BCUT2D eigenvalue weighted by Gasteiger charge is -2.39. The number of aliphatic hydroxyl groups excluding tert-OH is 1. The second-order valence-corrected chi connectivity index (χ2v) is 15.0. The van der Waals surface area contributed by atoms with E-state index in [1.54, 1.807) is 38.6 Å². The Morgan fingerprint density at radius 2 is 1.72 bits per heavy atom. The van der Waals surface area contributed by atoms with Crippen LogP contribution in [-0.2, 0) is 14.4 Å². The summed E-state index contributed by atoms with van der Waals surface area (Å²) >= 11 is 5.52. The molecule has 0 saturated carbocycles. The number of para-hydroxylation sites is 1. The number of amides is 3. The lowest BCUT2D eigenvalue weighted by Crippen LogP contribution is -2.56. The Kier molecular flexibility index (Phi) is 10.7. The van der Waals surface area contributed by atoms with Crippen molar-refractivity contribution in [3.63, 3.8) is 0 Å². The molecule has 1 spiro atoms. The Hall–Kier alpha value is -3.08. The number of carbonyl (C=O) groups excluding carboxylic acids is 3. The number of hydrogen-bond donors (Lipinski definition) is 1. The fourth-order valence-electron chi connectivity index (χ4n) is 7.65. The zero-order valence-corrected chi connectivity index (χ0v) is 29.3. The van der Waals surface area contributed by atoms with Crippen molar-refractivity contribution < 1.29 is 24.2 Å². The second kappa shape index (κ2) is 14.4. The van der Waals surface area contributed by atoms with Crippen molar-refractivity contribution in [2.24, 2.45) is 11.8 Å². The number of rotatable bonds is 14. The Balaban J connectivity index is 1.57. The topological polar surface area (TPSA) is 90.4 Å². The van der Waals surface area contributed by atoms with Gasteiger partial charge >= 0.3 is 0 Å². The Labute approximate surface area is 285 Å². The molecule has 3 unspecified atom stereocenters. The average Bonchev–Trinajstić information content (AvgIpc) is 3.62. The van der Waals surface area contributed by atoms with Gasteiger partial charge in [0.05, 0.1) is 23.2 Å². The van der Waals surface area contributed by atoms with Crippen molar-refractivity contribution in [2.75, 3.05) is 42.6 Å². The molecule has 3 heterocycles. The minimum absolute atomic E-state index is 0.000215. The minimum Gasteiger partial charge on any atom is -0.494 e. The van der Waals surface area contributed by atoms with Crippen LogP contribution in [-0.4, -0.2) is 81.4 Å². The molecule has 3 saturated heterocycles. The number of likely N-dealkylation sites (tertiary alicyclic amines) is 1. The second-order valence-electron chi connectivity index (χ2n) is 12.3. The van der Waals surface area contributed by atoms with Crippen molar-refractivity contribution >= 4 is 56.8 Å². The molecule has 2 aromatic rings. The van der Waals surface area contributed by atoms with E-state index < -0.39 is 22.6 Å². The number of benzene rings is 2. The molecule has 0 aromatic heterocycles. The highest BCUT2D eigenvalue weighted by molar-refractivity contribution is 9.09. The fraction of sp³-hybridized carbons (Fsp3) is 0.472. The van der Waals surface area contributed by atoms with Gasteiger partial charge in [-0.25, -0.2) is 0 Å². The first-order valence-electron chi connectivity index (χ1n) is 16.0. The van der Waals surface area contributed by atoms with Gasteiger partial charge < -0.3 is 24.5 Å². The number of thioether (sulfide) groups is 1. The summed E-state index contributed by atoms with van der Waals surface area (Å²) in [6.07, 6.45) is 5.07. The first-order valence-corrected chi connectivity index (χ1v) is 17.8. The van der Waals surface area contributed by atoms with E-state index in [0.29, 0.717) is 50.4 Å². The highest BCUT2D eigenvalue weighted by atomic mass is 79.9. The first-order chi connectivity index (χ1) is 22.1. The number of anilines is 2. The average molecular weight is 711 g/mol. The number of alkyl halides is 1. The molecule has 246 valence electrons. The van der Waals surface area contributed by atoms with Crippen LogP contribution in [0, 0.1) is 25.7 Å². The molecule has 2 aromatic carbocycles. The number of aliphatic hydroxyl groups is 1. The maximum Gasteiger partial charge on any atom is 0.251 e. The number of hydrogen-bond acceptors (Lipinski definition) is 6. The van der Waals surface area contributed by atoms with Gasteiger partial charge in [-0.15, -0.1) is 24.9 Å². The minimum atomic E-state index is -0.790. The number of halogens is 1. The van der Waals surface area contributed by atoms with E-state index in [4.69, 9.17) is 4.74 Å². The molecular formula is C36H44BrN3O5S. The molecule has 5 rings (SSSR count). The maximum atomic E-state index is 15.0. The van der Waals surface area contributed by atoms with Crippen LogP contribution in [0.2, 0.25) is 0 Å². The van der Waals surface area contributed by atoms with E-state index in [1.807, 2.05) is 63.2 Å². The largest absolute Gasteiger partial charge is 0.494 e. The molecule has 3 amide bonds. The number of ether oxygens (including phenoxy) is 1. The van der Waals surface area contributed by atoms with Gasteiger partial charge in [0.15, 0.2) is 0 Å². The highest BCUT2D eigenvalue weighted by Gasteiger charge is 2.76.